The summed E-state index contributed by atoms with van der Waals surface area (Å²) < 4.78 is 33.2. The summed E-state index contributed by atoms with van der Waals surface area (Å²) in [4.78, 5) is 24.3. The fourth-order valence-corrected chi connectivity index (χ4v) is 6.33. The number of nitrogens with one attached hydrogen (secondary N) is 2. The zero-order valence-corrected chi connectivity index (χ0v) is 19.7. The second-order valence-electron chi connectivity index (χ2n) is 8.31. The van der Waals surface area contributed by atoms with E-state index in [1.807, 2.05) is 42.5 Å². The van der Waals surface area contributed by atoms with Gasteiger partial charge < -0.3 is 15.4 Å². The predicted molar refractivity (Wildman–Crippen MR) is 130 cm³/mol. The van der Waals surface area contributed by atoms with Crippen LogP contribution in [-0.4, -0.2) is 44.2 Å². The molecular weight excluding hydrogens is 478 g/mol. The minimum absolute atomic E-state index is 0.000345. The highest BCUT2D eigenvalue weighted by atomic mass is 35.5. The van der Waals surface area contributed by atoms with Gasteiger partial charge in [-0.2, -0.15) is 4.31 Å². The number of nitrogens with zero attached hydrogens (tertiary/aromatic N) is 1. The maximum absolute atomic E-state index is 13.3. The highest BCUT2D eigenvalue weighted by Gasteiger charge is 2.34. The summed E-state index contributed by atoms with van der Waals surface area (Å²) in [5.74, 6) is -0.498. The molecule has 1 fully saturated rings. The van der Waals surface area contributed by atoms with Gasteiger partial charge in [0.05, 0.1) is 10.7 Å². The lowest BCUT2D eigenvalue weighted by molar-refractivity contribution is -0.121. The molecule has 2 N–H and O–H groups in total. The fourth-order valence-electron chi connectivity index (χ4n) is 4.35. The van der Waals surface area contributed by atoms with Crippen LogP contribution in [0.5, 0.6) is 5.75 Å². The van der Waals surface area contributed by atoms with Crippen LogP contribution in [0, 0.1) is 5.92 Å². The summed E-state index contributed by atoms with van der Waals surface area (Å²) in [5, 5.41) is 7.61. The topological polar surface area (TPSA) is 105 Å². The van der Waals surface area contributed by atoms with E-state index in [2.05, 4.69) is 10.6 Å². The van der Waals surface area contributed by atoms with Gasteiger partial charge in [-0.25, -0.2) is 8.42 Å². The van der Waals surface area contributed by atoms with E-state index in [9.17, 15) is 18.0 Å². The third-order valence-corrected chi connectivity index (χ3v) is 8.52. The van der Waals surface area contributed by atoms with Crippen molar-refractivity contribution in [1.82, 2.24) is 4.31 Å². The average molecular weight is 500 g/mol. The second kappa shape index (κ2) is 8.90. The molecule has 2 heterocycles. The first-order valence-electron chi connectivity index (χ1n) is 10.9. The third kappa shape index (κ3) is 4.22. The van der Waals surface area contributed by atoms with Gasteiger partial charge in [0.1, 0.15) is 10.6 Å². The van der Waals surface area contributed by atoms with Crippen molar-refractivity contribution in [2.45, 2.75) is 17.7 Å². The maximum Gasteiger partial charge on any atom is 0.262 e. The molecule has 2 amide bonds. The van der Waals surface area contributed by atoms with Crippen molar-refractivity contribution in [3.63, 3.8) is 0 Å². The molecule has 3 aromatic rings. The zero-order valence-electron chi connectivity index (χ0n) is 18.1. The normalized spacial score (nSPS) is 17.0. The molecule has 0 spiro atoms. The van der Waals surface area contributed by atoms with E-state index in [1.165, 1.54) is 16.4 Å². The zero-order chi connectivity index (χ0) is 23.9. The number of benzene rings is 3. The van der Waals surface area contributed by atoms with Gasteiger partial charge in [0.15, 0.2) is 6.61 Å². The Morgan fingerprint density at radius 3 is 2.62 bits per heavy atom. The molecule has 0 aromatic heterocycles. The molecule has 2 aliphatic rings. The summed E-state index contributed by atoms with van der Waals surface area (Å²) in [5.41, 5.74) is 1.08. The predicted octanol–water partition coefficient (Wildman–Crippen LogP) is 3.86. The molecule has 3 aromatic carbocycles. The number of amides is 2. The van der Waals surface area contributed by atoms with Crippen molar-refractivity contribution in [2.75, 3.05) is 30.3 Å². The van der Waals surface area contributed by atoms with Crippen LogP contribution in [0.1, 0.15) is 12.8 Å². The Kier molecular flexibility index (Phi) is 5.93. The van der Waals surface area contributed by atoms with Crippen LogP contribution in [0.25, 0.3) is 10.8 Å². The lowest BCUT2D eigenvalue weighted by Crippen LogP contribution is -2.41. The first-order chi connectivity index (χ1) is 16.3. The van der Waals surface area contributed by atoms with E-state index in [4.69, 9.17) is 16.3 Å². The number of carbonyl (C=O) groups is 2. The molecule has 34 heavy (non-hydrogen) atoms. The highest BCUT2D eigenvalue weighted by molar-refractivity contribution is 7.89. The van der Waals surface area contributed by atoms with E-state index in [1.54, 1.807) is 0 Å². The van der Waals surface area contributed by atoms with Crippen molar-refractivity contribution >= 4 is 55.6 Å². The van der Waals surface area contributed by atoms with Crippen LogP contribution in [-0.2, 0) is 19.6 Å². The van der Waals surface area contributed by atoms with Gasteiger partial charge in [-0.3, -0.25) is 9.59 Å². The van der Waals surface area contributed by atoms with E-state index in [-0.39, 0.29) is 53.1 Å². The maximum atomic E-state index is 13.3. The van der Waals surface area contributed by atoms with Crippen LogP contribution >= 0.6 is 11.6 Å². The molecule has 0 unspecified atom stereocenters. The molecule has 0 bridgehead atoms. The first-order valence-corrected chi connectivity index (χ1v) is 12.7. The summed E-state index contributed by atoms with van der Waals surface area (Å²) in [7, 11) is -3.90. The monoisotopic (exact) mass is 499 g/mol. The number of anilines is 2. The molecule has 8 nitrogen and oxygen atoms in total. The lowest BCUT2D eigenvalue weighted by Gasteiger charge is -2.31. The number of hydrogen-bond donors (Lipinski definition) is 2. The number of carbonyl (C=O) groups excluding carboxylic acids is 2. The first kappa shape index (κ1) is 22.6. The minimum atomic E-state index is -3.90. The summed E-state index contributed by atoms with van der Waals surface area (Å²) in [6.07, 6.45) is 0.788. The largest absolute Gasteiger partial charge is 0.482 e. The van der Waals surface area contributed by atoms with E-state index < -0.39 is 10.0 Å². The molecule has 10 heteroatoms. The second-order valence-corrected chi connectivity index (χ2v) is 10.6. The Hall–Kier alpha value is -3.14. The number of fused-ring (bicyclic) bond motifs is 2. The van der Waals surface area contributed by atoms with Gasteiger partial charge in [-0.15, -0.1) is 0 Å². The van der Waals surface area contributed by atoms with E-state index >= 15 is 0 Å². The Morgan fingerprint density at radius 2 is 1.82 bits per heavy atom. The highest BCUT2D eigenvalue weighted by Crippen LogP contribution is 2.37. The number of ether oxygens (including phenoxy) is 1. The van der Waals surface area contributed by atoms with E-state index in [0.29, 0.717) is 18.5 Å². The SMILES string of the molecule is O=C1COc2cc(S(=O)(=O)N3CCC(C(=O)Nc4cccc5ccccc45)CC3)c(Cl)cc2N1. The molecule has 0 radical (unpaired) electrons. The quantitative estimate of drug-likeness (QED) is 0.567. The summed E-state index contributed by atoms with van der Waals surface area (Å²) in [6, 6.07) is 16.3. The Balaban J connectivity index is 1.28. The molecular formula is C24H22ClN3O5S. The number of piperidine rings is 1. The molecule has 2 aliphatic heterocycles. The van der Waals surface area contributed by atoms with E-state index in [0.717, 1.165) is 16.5 Å². The summed E-state index contributed by atoms with van der Waals surface area (Å²) in [6.45, 7) is 0.202. The van der Waals surface area contributed by atoms with Crippen LogP contribution in [0.3, 0.4) is 0 Å². The molecule has 0 saturated carbocycles. The number of halogens is 1. The molecule has 0 atom stereocenters. The van der Waals surface area contributed by atoms with Gasteiger partial charge in [-0.1, -0.05) is 48.0 Å². The standard InChI is InChI=1S/C24H22ClN3O5S/c25-18-12-20-21(33-14-23(29)26-20)13-22(18)34(31,32)28-10-8-16(9-11-28)24(30)27-19-7-3-5-15-4-1-2-6-17(15)19/h1-7,12-13,16H,8-11,14H2,(H,26,29)(H,27,30). The van der Waals surface area contributed by atoms with Gasteiger partial charge in [0.2, 0.25) is 15.9 Å². The van der Waals surface area contributed by atoms with Gasteiger partial charge >= 0.3 is 0 Å². The third-order valence-electron chi connectivity index (χ3n) is 6.16. The number of sulfonamides is 1. The van der Waals surface area contributed by atoms with Crippen molar-refractivity contribution in [3.05, 3.63) is 59.6 Å². The van der Waals surface area contributed by atoms with Crippen LogP contribution in [0.15, 0.2) is 59.5 Å². The van der Waals surface area contributed by atoms with Crippen LogP contribution in [0.2, 0.25) is 5.02 Å². The number of hydrogen-bond acceptors (Lipinski definition) is 5. The Morgan fingerprint density at radius 1 is 1.09 bits per heavy atom. The molecule has 1 saturated heterocycles. The van der Waals surface area contributed by atoms with Crippen LogP contribution < -0.4 is 15.4 Å². The van der Waals surface area contributed by atoms with Gasteiger partial charge in [0, 0.05) is 36.1 Å². The minimum Gasteiger partial charge on any atom is -0.482 e. The van der Waals surface area contributed by atoms with Crippen molar-refractivity contribution < 1.29 is 22.7 Å². The van der Waals surface area contributed by atoms with Crippen LogP contribution in [0.4, 0.5) is 11.4 Å². The summed E-state index contributed by atoms with van der Waals surface area (Å²) >= 11 is 6.25. The fraction of sp³-hybridized carbons (Fsp3) is 0.250. The van der Waals surface area contributed by atoms with Gasteiger partial charge in [0.25, 0.3) is 5.91 Å². The molecule has 0 aliphatic carbocycles. The Bertz CT molecular complexity index is 1400. The van der Waals surface area contributed by atoms with Crippen molar-refractivity contribution in [1.29, 1.82) is 0 Å². The Labute approximate surface area is 201 Å². The van der Waals surface area contributed by atoms with Gasteiger partial charge in [-0.05, 0) is 30.4 Å². The van der Waals surface area contributed by atoms with Crippen molar-refractivity contribution in [2.24, 2.45) is 5.92 Å². The molecule has 5 rings (SSSR count). The average Bonchev–Trinajstić information content (AvgIpc) is 2.83. The lowest BCUT2D eigenvalue weighted by atomic mass is 9.97. The molecule has 176 valence electrons. The van der Waals surface area contributed by atoms with Crippen molar-refractivity contribution in [3.8, 4) is 5.75 Å². The smallest absolute Gasteiger partial charge is 0.262 e. The number of rotatable bonds is 4.